The minimum atomic E-state index is -5.13. The first-order valence-electron chi connectivity index (χ1n) is 21.4. The van der Waals surface area contributed by atoms with Crippen LogP contribution in [0.2, 0.25) is 0 Å². The van der Waals surface area contributed by atoms with Crippen LogP contribution in [0, 0.1) is 0 Å². The molecule has 6 N–H and O–H groups in total. The number of unbranched alkanes of at least 4 members (excludes halogenated alkanes) is 14. The van der Waals surface area contributed by atoms with Crippen LogP contribution in [0.15, 0.2) is 48.6 Å². The molecule has 0 aromatic carbocycles. The van der Waals surface area contributed by atoms with Crippen LogP contribution in [-0.4, -0.2) is 98.3 Å². The van der Waals surface area contributed by atoms with E-state index in [1.54, 1.807) is 0 Å². The number of esters is 2. The maximum Gasteiger partial charge on any atom is 0.472 e. The van der Waals surface area contributed by atoms with Gasteiger partial charge in [0.05, 0.1) is 6.61 Å². The summed E-state index contributed by atoms with van der Waals surface area (Å²) in [5, 5.41) is 50.0. The zero-order valence-electron chi connectivity index (χ0n) is 34.6. The summed E-state index contributed by atoms with van der Waals surface area (Å²) in [7, 11) is -5.13. The molecule has 13 nitrogen and oxygen atoms in total. The summed E-state index contributed by atoms with van der Waals surface area (Å²) in [6, 6.07) is 0. The van der Waals surface area contributed by atoms with E-state index in [2.05, 4.69) is 62.5 Å². The van der Waals surface area contributed by atoms with Crippen molar-refractivity contribution < 1.29 is 63.1 Å². The van der Waals surface area contributed by atoms with Crippen molar-refractivity contribution >= 4 is 19.8 Å². The van der Waals surface area contributed by atoms with E-state index in [-0.39, 0.29) is 12.8 Å². The van der Waals surface area contributed by atoms with Crippen LogP contribution in [0.3, 0.4) is 0 Å². The first kappa shape index (κ1) is 52.8. The lowest BCUT2D eigenvalue weighted by Crippen LogP contribution is -2.64. The third kappa shape index (κ3) is 26.5. The normalized spacial score (nSPS) is 23.2. The molecule has 0 saturated heterocycles. The molecule has 1 aliphatic rings. The van der Waals surface area contributed by atoms with E-state index >= 15 is 0 Å². The third-order valence-corrected chi connectivity index (χ3v) is 10.6. The number of carbonyl (C=O) groups excluding carboxylic acids is 2. The van der Waals surface area contributed by atoms with Crippen molar-refractivity contribution in [3.63, 3.8) is 0 Å². The van der Waals surface area contributed by atoms with Gasteiger partial charge >= 0.3 is 19.8 Å². The number of ether oxygens (including phenoxy) is 2. The molecule has 1 aliphatic carbocycles. The molecule has 0 spiro atoms. The van der Waals surface area contributed by atoms with Gasteiger partial charge in [-0.15, -0.1) is 0 Å². The Morgan fingerprint density at radius 2 is 0.947 bits per heavy atom. The Kier molecular flexibility index (Phi) is 31.2. The molecule has 0 bridgehead atoms. The summed E-state index contributed by atoms with van der Waals surface area (Å²) >= 11 is 0. The highest BCUT2D eigenvalue weighted by molar-refractivity contribution is 7.47. The molecule has 0 amide bonds. The van der Waals surface area contributed by atoms with E-state index in [1.807, 2.05) is 0 Å². The summed E-state index contributed by atoms with van der Waals surface area (Å²) in [4.78, 5) is 35.5. The molecule has 0 aliphatic heterocycles. The van der Waals surface area contributed by atoms with Crippen LogP contribution in [0.5, 0.6) is 0 Å². The van der Waals surface area contributed by atoms with E-state index in [0.717, 1.165) is 57.8 Å². The Morgan fingerprint density at radius 3 is 1.53 bits per heavy atom. The second-order valence-corrected chi connectivity index (χ2v) is 16.2. The Labute approximate surface area is 341 Å². The van der Waals surface area contributed by atoms with Crippen LogP contribution >= 0.6 is 7.82 Å². The average molecular weight is 831 g/mol. The van der Waals surface area contributed by atoms with Crippen LogP contribution < -0.4 is 0 Å². The number of hydrogen-bond acceptors (Lipinski definition) is 12. The molecular formula is C43H75O13P. The van der Waals surface area contributed by atoms with Gasteiger partial charge in [-0.1, -0.05) is 114 Å². The van der Waals surface area contributed by atoms with Gasteiger partial charge in [-0.3, -0.25) is 18.6 Å². The van der Waals surface area contributed by atoms with Gasteiger partial charge in [0.25, 0.3) is 0 Å². The monoisotopic (exact) mass is 830 g/mol. The predicted molar refractivity (Wildman–Crippen MR) is 221 cm³/mol. The summed E-state index contributed by atoms with van der Waals surface area (Å²) in [5.74, 6) is -1.17. The van der Waals surface area contributed by atoms with Crippen molar-refractivity contribution in [1.82, 2.24) is 0 Å². The smallest absolute Gasteiger partial charge is 0.462 e. The van der Waals surface area contributed by atoms with Crippen LogP contribution in [-0.2, 0) is 32.7 Å². The first-order chi connectivity index (χ1) is 27.4. The molecule has 330 valence electrons. The molecule has 1 fully saturated rings. The lowest BCUT2D eigenvalue weighted by molar-refractivity contribution is -0.220. The fourth-order valence-corrected chi connectivity index (χ4v) is 7.08. The van der Waals surface area contributed by atoms with Gasteiger partial charge in [-0.25, -0.2) is 4.57 Å². The highest BCUT2D eigenvalue weighted by Gasteiger charge is 2.51. The third-order valence-electron chi connectivity index (χ3n) is 9.64. The Morgan fingerprint density at radius 1 is 0.544 bits per heavy atom. The Bertz CT molecular complexity index is 1190. The second kappa shape index (κ2) is 33.6. The zero-order chi connectivity index (χ0) is 42.2. The summed E-state index contributed by atoms with van der Waals surface area (Å²) in [6.07, 6.45) is 24.6. The van der Waals surface area contributed by atoms with E-state index in [9.17, 15) is 44.6 Å². The SMILES string of the molecule is CCCCC/C=C/C/C=C/C/C=C/CCCCC(=O)OC[C@@H](COP(=O)(O)OC1C(O)C(O)C(O)[C@H](O)C1O)OC(=O)CCCCC/C=C/CCCCCCCC. The molecule has 8 atom stereocenters. The van der Waals surface area contributed by atoms with Gasteiger partial charge in [0, 0.05) is 12.8 Å². The van der Waals surface area contributed by atoms with Gasteiger partial charge in [0.1, 0.15) is 43.2 Å². The fourth-order valence-electron chi connectivity index (χ4n) is 6.11. The van der Waals surface area contributed by atoms with Crippen molar-refractivity contribution in [3.8, 4) is 0 Å². The number of carbonyl (C=O) groups is 2. The zero-order valence-corrected chi connectivity index (χ0v) is 35.5. The average Bonchev–Trinajstić information content (AvgIpc) is 3.19. The molecule has 1 rings (SSSR count). The highest BCUT2D eigenvalue weighted by Crippen LogP contribution is 2.47. The number of phosphoric ester groups is 1. The van der Waals surface area contributed by atoms with Crippen molar-refractivity contribution in [2.45, 2.75) is 198 Å². The number of aliphatic hydroxyl groups is 5. The number of rotatable bonds is 34. The number of allylic oxidation sites excluding steroid dienone is 8. The van der Waals surface area contributed by atoms with Gasteiger partial charge in [-0.05, 0) is 77.0 Å². The van der Waals surface area contributed by atoms with Crippen molar-refractivity contribution in [2.75, 3.05) is 13.2 Å². The molecule has 1 saturated carbocycles. The number of aliphatic hydroxyl groups excluding tert-OH is 5. The lowest BCUT2D eigenvalue weighted by atomic mass is 9.85. The lowest BCUT2D eigenvalue weighted by Gasteiger charge is -2.41. The van der Waals surface area contributed by atoms with Gasteiger partial charge in [-0.2, -0.15) is 0 Å². The topological polar surface area (TPSA) is 210 Å². The van der Waals surface area contributed by atoms with Crippen LogP contribution in [0.1, 0.15) is 155 Å². The van der Waals surface area contributed by atoms with E-state index < -0.39 is 75.7 Å². The molecule has 0 radical (unpaired) electrons. The highest BCUT2D eigenvalue weighted by atomic mass is 31.2. The fraction of sp³-hybridized carbons (Fsp3) is 0.767. The first-order valence-corrected chi connectivity index (χ1v) is 22.9. The summed E-state index contributed by atoms with van der Waals surface area (Å²) in [6.45, 7) is 3.19. The molecule has 57 heavy (non-hydrogen) atoms. The van der Waals surface area contributed by atoms with Crippen molar-refractivity contribution in [2.24, 2.45) is 0 Å². The van der Waals surface area contributed by atoms with E-state index in [0.29, 0.717) is 12.8 Å². The van der Waals surface area contributed by atoms with Crippen LogP contribution in [0.25, 0.3) is 0 Å². The Hall–Kier alpha value is -2.19. The minimum absolute atomic E-state index is 0.0667. The minimum Gasteiger partial charge on any atom is -0.462 e. The van der Waals surface area contributed by atoms with Gasteiger partial charge < -0.3 is 39.9 Å². The maximum absolute atomic E-state index is 12.8. The maximum atomic E-state index is 12.8. The standard InChI is InChI=1S/C43H75O13P/c1-3-5-7-9-11-13-15-17-18-20-21-23-25-27-29-31-36(44)53-33-35(34-54-57(51,52)56-43-41(49)39(47)38(46)40(48)42(43)50)55-37(45)32-30-28-26-24-22-19-16-14-12-10-8-6-4-2/h11,13,17-19,21-23,35,38-43,46-50H,3-10,12,14-16,20,24-34H2,1-2H3,(H,51,52)/b13-11+,18-17+,22-19+,23-21+/t35-,38?,39-,40?,41?,42?,43?/m0/s1. The molecule has 0 aromatic rings. The number of hydrogen-bond donors (Lipinski definition) is 6. The second-order valence-electron chi connectivity index (χ2n) is 14.8. The molecule has 14 heteroatoms. The quantitative estimate of drug-likeness (QED) is 0.0160. The Balaban J connectivity index is 2.55. The number of phosphoric acid groups is 1. The molecule has 0 heterocycles. The van der Waals surface area contributed by atoms with Gasteiger partial charge in [0.15, 0.2) is 6.10 Å². The molecule has 0 aromatic heterocycles. The van der Waals surface area contributed by atoms with E-state index in [1.165, 1.54) is 57.8 Å². The van der Waals surface area contributed by atoms with Crippen molar-refractivity contribution in [3.05, 3.63) is 48.6 Å². The summed E-state index contributed by atoms with van der Waals surface area (Å²) < 4.78 is 33.4. The van der Waals surface area contributed by atoms with Crippen LogP contribution in [0.4, 0.5) is 0 Å². The molecular weight excluding hydrogens is 755 g/mol. The largest absolute Gasteiger partial charge is 0.472 e. The van der Waals surface area contributed by atoms with Gasteiger partial charge in [0.2, 0.25) is 0 Å². The predicted octanol–water partition coefficient (Wildman–Crippen LogP) is 7.61. The van der Waals surface area contributed by atoms with Crippen molar-refractivity contribution in [1.29, 1.82) is 0 Å². The molecule has 6 unspecified atom stereocenters. The van der Waals surface area contributed by atoms with E-state index in [4.69, 9.17) is 18.5 Å². The summed E-state index contributed by atoms with van der Waals surface area (Å²) in [5.41, 5.74) is 0.